The van der Waals surface area contributed by atoms with Gasteiger partial charge in [-0.2, -0.15) is 0 Å². The Morgan fingerprint density at radius 2 is 1.37 bits per heavy atom. The summed E-state index contributed by atoms with van der Waals surface area (Å²) >= 11 is 5.44. The zero-order chi connectivity index (χ0) is 18.0. The van der Waals surface area contributed by atoms with Gasteiger partial charge in [0.15, 0.2) is 0 Å². The van der Waals surface area contributed by atoms with Crippen LogP contribution in [0.3, 0.4) is 0 Å². The van der Waals surface area contributed by atoms with Gasteiger partial charge in [0.2, 0.25) is 0 Å². The monoisotopic (exact) mass is 428 g/mol. The molecule has 0 unspecified atom stereocenters. The second kappa shape index (κ2) is 5.69. The SMILES string of the molecule is Brc1cccc2c1oc1ccc(-c3ccc4sc5ccccc5c4c3)cc12. The quantitative estimate of drug-likeness (QED) is 0.256. The third-order valence-electron chi connectivity index (χ3n) is 5.16. The van der Waals surface area contributed by atoms with Crippen LogP contribution in [-0.4, -0.2) is 0 Å². The van der Waals surface area contributed by atoms with Crippen LogP contribution in [0.2, 0.25) is 0 Å². The molecule has 0 aliphatic heterocycles. The van der Waals surface area contributed by atoms with Crippen molar-refractivity contribution < 1.29 is 4.42 Å². The topological polar surface area (TPSA) is 13.1 Å². The van der Waals surface area contributed by atoms with Crippen molar-refractivity contribution in [2.45, 2.75) is 0 Å². The van der Waals surface area contributed by atoms with Gasteiger partial charge >= 0.3 is 0 Å². The summed E-state index contributed by atoms with van der Waals surface area (Å²) < 4.78 is 9.70. The Labute approximate surface area is 168 Å². The van der Waals surface area contributed by atoms with Gasteiger partial charge in [0.25, 0.3) is 0 Å². The molecule has 0 N–H and O–H groups in total. The summed E-state index contributed by atoms with van der Waals surface area (Å²) in [6, 6.07) is 28.0. The van der Waals surface area contributed by atoms with Crippen molar-refractivity contribution in [3.8, 4) is 11.1 Å². The van der Waals surface area contributed by atoms with Gasteiger partial charge in [0.05, 0.1) is 4.47 Å². The molecule has 0 spiro atoms. The van der Waals surface area contributed by atoms with Gasteiger partial charge in [-0.1, -0.05) is 42.5 Å². The van der Waals surface area contributed by atoms with Crippen molar-refractivity contribution in [2.75, 3.05) is 0 Å². The average Bonchev–Trinajstić information content (AvgIpc) is 3.26. The minimum absolute atomic E-state index is 0.906. The van der Waals surface area contributed by atoms with Crippen molar-refractivity contribution in [1.29, 1.82) is 0 Å². The van der Waals surface area contributed by atoms with Crippen LogP contribution < -0.4 is 0 Å². The van der Waals surface area contributed by atoms with Crippen molar-refractivity contribution in [3.63, 3.8) is 0 Å². The maximum atomic E-state index is 6.04. The maximum absolute atomic E-state index is 6.04. The Bertz CT molecular complexity index is 1490. The molecule has 0 amide bonds. The number of furan rings is 1. The standard InChI is InChI=1S/C24H13BrOS/c25-20-6-3-5-17-18-12-14(8-10-21(18)26-24(17)20)15-9-11-23-19(13-15)16-4-1-2-7-22(16)27-23/h1-13H. The lowest BCUT2D eigenvalue weighted by Crippen LogP contribution is -1.78. The number of hydrogen-bond donors (Lipinski definition) is 0. The Hall–Kier alpha value is -2.62. The Balaban J connectivity index is 1.61. The first kappa shape index (κ1) is 15.4. The van der Waals surface area contributed by atoms with E-state index in [0.29, 0.717) is 0 Å². The van der Waals surface area contributed by atoms with Crippen molar-refractivity contribution in [2.24, 2.45) is 0 Å². The number of benzene rings is 4. The normalized spacial score (nSPS) is 11.9. The first-order valence-corrected chi connectivity index (χ1v) is 10.4. The minimum Gasteiger partial charge on any atom is -0.455 e. The van der Waals surface area contributed by atoms with E-state index in [9.17, 15) is 0 Å². The van der Waals surface area contributed by atoms with E-state index < -0.39 is 0 Å². The number of hydrogen-bond acceptors (Lipinski definition) is 2. The zero-order valence-corrected chi connectivity index (χ0v) is 16.6. The highest BCUT2D eigenvalue weighted by molar-refractivity contribution is 9.10. The number of thiophene rings is 1. The van der Waals surface area contributed by atoms with Gasteiger partial charge in [-0.05, 0) is 63.5 Å². The number of fused-ring (bicyclic) bond motifs is 6. The van der Waals surface area contributed by atoms with Crippen LogP contribution in [0.25, 0.3) is 53.2 Å². The molecule has 1 nitrogen and oxygen atoms in total. The Morgan fingerprint density at radius 3 is 2.30 bits per heavy atom. The molecule has 27 heavy (non-hydrogen) atoms. The van der Waals surface area contributed by atoms with Gasteiger partial charge in [0, 0.05) is 30.9 Å². The second-order valence-electron chi connectivity index (χ2n) is 6.74. The summed E-state index contributed by atoms with van der Waals surface area (Å²) in [6.07, 6.45) is 0. The fraction of sp³-hybridized carbons (Fsp3) is 0. The molecule has 3 heteroatoms. The number of para-hydroxylation sites is 1. The van der Waals surface area contributed by atoms with Gasteiger partial charge in [-0.25, -0.2) is 0 Å². The Kier molecular flexibility index (Phi) is 3.25. The molecule has 0 bridgehead atoms. The van der Waals surface area contributed by atoms with Gasteiger partial charge in [-0.3, -0.25) is 0 Å². The van der Waals surface area contributed by atoms with Crippen molar-refractivity contribution in [3.05, 3.63) is 83.3 Å². The van der Waals surface area contributed by atoms with Crippen molar-refractivity contribution >= 4 is 69.4 Å². The first-order valence-electron chi connectivity index (χ1n) is 8.80. The predicted molar refractivity (Wildman–Crippen MR) is 120 cm³/mol. The summed E-state index contributed by atoms with van der Waals surface area (Å²) in [7, 11) is 0. The van der Waals surface area contributed by atoms with Crippen LogP contribution in [0.15, 0.2) is 87.8 Å². The van der Waals surface area contributed by atoms with E-state index in [2.05, 4.69) is 88.7 Å². The lowest BCUT2D eigenvalue weighted by Gasteiger charge is -2.03. The molecule has 0 saturated heterocycles. The van der Waals surface area contributed by atoms with Crippen LogP contribution in [0, 0.1) is 0 Å². The highest BCUT2D eigenvalue weighted by Crippen LogP contribution is 2.38. The molecule has 2 aromatic heterocycles. The molecular formula is C24H13BrOS. The number of rotatable bonds is 1. The largest absolute Gasteiger partial charge is 0.455 e. The lowest BCUT2D eigenvalue weighted by molar-refractivity contribution is 0.667. The molecule has 4 aromatic carbocycles. The molecule has 0 saturated carbocycles. The molecule has 6 rings (SSSR count). The van der Waals surface area contributed by atoms with Crippen molar-refractivity contribution in [1.82, 2.24) is 0 Å². The van der Waals surface area contributed by atoms with Crippen LogP contribution >= 0.6 is 27.3 Å². The van der Waals surface area contributed by atoms with Gasteiger partial charge < -0.3 is 4.42 Å². The van der Waals surface area contributed by atoms with E-state index in [1.54, 1.807) is 0 Å². The smallest absolute Gasteiger partial charge is 0.149 e. The predicted octanol–water partition coefficient (Wildman–Crippen LogP) is 8.38. The molecule has 2 heterocycles. The molecule has 0 atom stereocenters. The summed E-state index contributed by atoms with van der Waals surface area (Å²) in [6.45, 7) is 0. The van der Waals surface area contributed by atoms with E-state index in [-0.39, 0.29) is 0 Å². The third-order valence-corrected chi connectivity index (χ3v) is 6.94. The molecule has 0 fully saturated rings. The summed E-state index contributed by atoms with van der Waals surface area (Å²) in [4.78, 5) is 0. The van der Waals surface area contributed by atoms with Crippen LogP contribution in [0.4, 0.5) is 0 Å². The molecule has 6 aromatic rings. The van der Waals surface area contributed by atoms with E-state index in [0.717, 1.165) is 26.4 Å². The maximum Gasteiger partial charge on any atom is 0.149 e. The van der Waals surface area contributed by atoms with Crippen LogP contribution in [0.1, 0.15) is 0 Å². The molecule has 0 aliphatic carbocycles. The summed E-state index contributed by atoms with van der Waals surface area (Å²) in [5.74, 6) is 0. The van der Waals surface area contributed by atoms with Crippen LogP contribution in [0.5, 0.6) is 0 Å². The Morgan fingerprint density at radius 1 is 0.630 bits per heavy atom. The third kappa shape index (κ3) is 2.29. The molecule has 128 valence electrons. The van der Waals surface area contributed by atoms with E-state index >= 15 is 0 Å². The van der Waals surface area contributed by atoms with E-state index in [1.807, 2.05) is 17.4 Å². The fourth-order valence-corrected chi connectivity index (χ4v) is 5.38. The van der Waals surface area contributed by atoms with Crippen LogP contribution in [-0.2, 0) is 0 Å². The average molecular weight is 429 g/mol. The fourth-order valence-electron chi connectivity index (χ4n) is 3.85. The van der Waals surface area contributed by atoms with Gasteiger partial charge in [0.1, 0.15) is 11.2 Å². The van der Waals surface area contributed by atoms with E-state index in [4.69, 9.17) is 4.42 Å². The minimum atomic E-state index is 0.906. The number of halogens is 1. The zero-order valence-electron chi connectivity index (χ0n) is 14.2. The molecule has 0 radical (unpaired) electrons. The van der Waals surface area contributed by atoms with E-state index in [1.165, 1.54) is 31.3 Å². The summed E-state index contributed by atoms with van der Waals surface area (Å²) in [5.41, 5.74) is 4.27. The highest BCUT2D eigenvalue weighted by Gasteiger charge is 2.11. The molecular weight excluding hydrogens is 416 g/mol. The lowest BCUT2D eigenvalue weighted by atomic mass is 10.0. The second-order valence-corrected chi connectivity index (χ2v) is 8.68. The first-order chi connectivity index (χ1) is 13.3. The molecule has 0 aliphatic rings. The summed E-state index contributed by atoms with van der Waals surface area (Å²) in [5, 5.41) is 4.95. The highest BCUT2D eigenvalue weighted by atomic mass is 79.9. The van der Waals surface area contributed by atoms with Gasteiger partial charge in [-0.15, -0.1) is 11.3 Å².